The lowest BCUT2D eigenvalue weighted by Crippen LogP contribution is -2.40. The lowest BCUT2D eigenvalue weighted by molar-refractivity contribution is -0.709. The molecule has 2 N–H and O–H groups in total. The second kappa shape index (κ2) is 37.7. The van der Waals surface area contributed by atoms with E-state index in [1.165, 1.54) is 46.5 Å². The van der Waals surface area contributed by atoms with Gasteiger partial charge in [-0.2, -0.15) is 8.42 Å². The molecule has 1 aliphatic rings. The summed E-state index contributed by atoms with van der Waals surface area (Å²) in [5.74, 6) is 0.350. The number of carbonyl (C=O) groups is 3. The van der Waals surface area contributed by atoms with Crippen LogP contribution in [0.15, 0.2) is 205 Å². The first-order valence-electron chi connectivity index (χ1n) is 30.8. The second-order valence-corrected chi connectivity index (χ2v) is 25.6. The summed E-state index contributed by atoms with van der Waals surface area (Å²) in [5.41, 5.74) is 23.2. The summed E-state index contributed by atoms with van der Waals surface area (Å²) in [5, 5.41) is 2.32. The smallest absolute Gasteiger partial charge is 0.267 e. The van der Waals surface area contributed by atoms with Crippen molar-refractivity contribution < 1.29 is 31.6 Å². The van der Waals surface area contributed by atoms with Crippen molar-refractivity contribution in [2.75, 3.05) is 18.1 Å². The summed E-state index contributed by atoms with van der Waals surface area (Å²) >= 11 is 15.8. The molecular weight excluding hydrogens is 1220 g/mol. The van der Waals surface area contributed by atoms with Crippen LogP contribution in [-0.4, -0.2) is 63.0 Å². The first kappa shape index (κ1) is 72.5. The Morgan fingerprint density at radius 2 is 0.880 bits per heavy atom. The van der Waals surface area contributed by atoms with Gasteiger partial charge in [0.05, 0.1) is 24.1 Å². The lowest BCUT2D eigenvalue weighted by Gasteiger charge is -2.09. The molecule has 0 amide bonds. The van der Waals surface area contributed by atoms with E-state index in [4.69, 9.17) is 30.2 Å². The fourth-order valence-electron chi connectivity index (χ4n) is 10.2. The average Bonchev–Trinajstić information content (AvgIpc) is 3.33. The molecule has 15 heteroatoms. The number of hydrogen-bond acceptors (Lipinski definition) is 13. The van der Waals surface area contributed by atoms with Crippen LogP contribution < -0.4 is 10.3 Å². The van der Waals surface area contributed by atoms with Gasteiger partial charge in [0.2, 0.25) is 0 Å². The monoisotopic (exact) mass is 1300 g/mol. The Kier molecular flexibility index (Phi) is 29.7. The number of isothiocyanates is 1. The van der Waals surface area contributed by atoms with Crippen LogP contribution in [0, 0.1) is 41.5 Å². The highest BCUT2D eigenvalue weighted by Crippen LogP contribution is 2.18. The number of aromatic nitrogens is 3. The second-order valence-electron chi connectivity index (χ2n) is 22.5. The van der Waals surface area contributed by atoms with Crippen molar-refractivity contribution in [2.45, 2.75) is 119 Å². The fourth-order valence-corrected chi connectivity index (χ4v) is 11.7. The predicted octanol–water partition coefficient (Wildman–Crippen LogP) is 16.2. The number of nitrogen functional groups attached to an aromatic ring is 1. The number of aryl methyl sites for hydroxylation is 8. The summed E-state index contributed by atoms with van der Waals surface area (Å²) < 4.78 is 27.1. The maximum atomic E-state index is 12.5. The molecule has 0 atom stereocenters. The molecule has 4 heterocycles. The van der Waals surface area contributed by atoms with Crippen LogP contribution in [0.4, 0.5) is 5.69 Å². The van der Waals surface area contributed by atoms with Gasteiger partial charge in [-0.3, -0.25) is 28.5 Å². The summed E-state index contributed by atoms with van der Waals surface area (Å²) in [6.07, 6.45) is 8.26. The average molecular weight is 1300 g/mol. The van der Waals surface area contributed by atoms with E-state index in [1.54, 1.807) is 0 Å². The molecule has 0 bridgehead atoms. The van der Waals surface area contributed by atoms with Gasteiger partial charge in [-0.1, -0.05) is 202 Å². The molecule has 92 heavy (non-hydrogen) atoms. The number of unbranched alkanes of at least 4 members (excludes halogenated alkanes) is 1. The number of carbonyl (C=O) groups excluding carboxylic acids is 3. The van der Waals surface area contributed by atoms with Gasteiger partial charge >= 0.3 is 0 Å². The maximum absolute atomic E-state index is 12.5. The third-order valence-electron chi connectivity index (χ3n) is 14.7. The quantitative estimate of drug-likeness (QED) is 0.0239. The van der Waals surface area contributed by atoms with Crippen molar-refractivity contribution in [3.63, 3.8) is 0 Å². The van der Waals surface area contributed by atoms with E-state index in [9.17, 15) is 22.8 Å². The van der Waals surface area contributed by atoms with E-state index in [-0.39, 0.29) is 23.1 Å². The number of nitrogens with zero attached hydrogens (tertiary/aromatic N) is 4. The molecule has 6 aromatic carbocycles. The first-order valence-corrected chi connectivity index (χ1v) is 33.6. The molecule has 11 nitrogen and oxygen atoms in total. The third-order valence-corrected chi connectivity index (χ3v) is 16.8. The van der Waals surface area contributed by atoms with E-state index in [0.717, 1.165) is 111 Å². The molecule has 1 aliphatic heterocycles. The van der Waals surface area contributed by atoms with Gasteiger partial charge in [0.15, 0.2) is 28.7 Å². The van der Waals surface area contributed by atoms with Crippen molar-refractivity contribution >= 4 is 84.7 Å². The molecule has 1 saturated heterocycles. The van der Waals surface area contributed by atoms with Crippen molar-refractivity contribution in [3.05, 3.63) is 296 Å². The van der Waals surface area contributed by atoms with Crippen LogP contribution in [0.2, 0.25) is 0 Å². The van der Waals surface area contributed by atoms with Crippen molar-refractivity contribution in [3.8, 4) is 0 Å². The van der Waals surface area contributed by atoms with Crippen LogP contribution in [0.25, 0.3) is 0 Å². The Morgan fingerprint density at radius 1 is 0.522 bits per heavy atom. The molecule has 0 unspecified atom stereocenters. The minimum atomic E-state index is -3.05. The minimum absolute atomic E-state index is 0.0282. The SMILES string of the molecule is CCCC[n+]1c(C)cc(CC(=S)CCc2ccc(C(=O)c3ccccc3)cc2)cc1C.Cc1cc(CC(=S)CCc2ccc(C(=O)c3ccccc3)cc2)cc(C)n1.Cc1cc(N)cc(C)n1.O=C(c1ccccc1)c1ccc(CN=C=S)cc1.O=S1(=O)CCCO1. The molecule has 0 spiro atoms. The van der Waals surface area contributed by atoms with Gasteiger partial charge in [-0.15, -0.1) is 0 Å². The molecule has 0 aliphatic carbocycles. The number of thiocarbonyl (C=S) groups is 3. The molecule has 10 rings (SSSR count). The van der Waals surface area contributed by atoms with Crippen LogP contribution in [-0.2, 0) is 53.1 Å². The van der Waals surface area contributed by atoms with Crippen molar-refractivity contribution in [1.29, 1.82) is 0 Å². The zero-order valence-electron chi connectivity index (χ0n) is 53.7. The molecule has 474 valence electrons. The Hall–Kier alpha value is -8.53. The number of benzene rings is 6. The van der Waals surface area contributed by atoms with Gasteiger partial charge in [0, 0.05) is 107 Å². The summed E-state index contributed by atoms with van der Waals surface area (Å²) in [6.45, 7) is 16.5. The van der Waals surface area contributed by atoms with Gasteiger partial charge < -0.3 is 5.73 Å². The standard InChI is InChI=1S/C28H32NOS.C24H23NOS.C15H11NOS.C7H10N2.C3H6O3S/c1-4-5-17-29-21(2)18-24(19-22(29)3)20-27(31)16-13-23-11-14-26(15-12-23)28(30)25-9-7-6-8-10-25;1-17-14-20(15-18(2)25-17)16-23(27)13-10-19-8-11-22(12-9-19)24(26)21-6-4-3-5-7-21;17-15(13-4-2-1-3-5-13)14-8-6-12(7-9-14)10-16-11-18;1-5-3-7(8)4-6(2)9-5;4-7(5)3-1-2-6-7/h6-12,14-15,18-19H,4-5,13,16-17,20H2,1-3H3;3-9,11-12,14-15H,10,13,16H2,1-2H3;1-9H,10H2;3-4H,1-2H3,(H2,8,9);1-3H2/q+1;;;;. The van der Waals surface area contributed by atoms with Gasteiger partial charge in [-0.25, -0.2) is 9.56 Å². The van der Waals surface area contributed by atoms with E-state index >= 15 is 0 Å². The third kappa shape index (κ3) is 25.3. The maximum Gasteiger partial charge on any atom is 0.267 e. The van der Waals surface area contributed by atoms with Crippen LogP contribution >= 0.6 is 36.7 Å². The van der Waals surface area contributed by atoms with Crippen LogP contribution in [0.5, 0.6) is 0 Å². The summed E-state index contributed by atoms with van der Waals surface area (Å²) in [7, 11) is -3.05. The molecule has 0 radical (unpaired) electrons. The summed E-state index contributed by atoms with van der Waals surface area (Å²) in [6, 6.07) is 63.7. The Bertz CT molecular complexity index is 3960. The topological polar surface area (TPSA) is 163 Å². The summed E-state index contributed by atoms with van der Waals surface area (Å²) in [4.78, 5) is 51.7. The van der Waals surface area contributed by atoms with Crippen LogP contribution in [0.3, 0.4) is 0 Å². The minimum Gasteiger partial charge on any atom is -0.399 e. The number of nitrogens with two attached hydrogens (primary N) is 1. The number of aliphatic imine (C=N–C) groups is 1. The number of pyridine rings is 3. The Labute approximate surface area is 560 Å². The lowest BCUT2D eigenvalue weighted by atomic mass is 9.99. The Balaban J connectivity index is 0.000000199. The highest BCUT2D eigenvalue weighted by molar-refractivity contribution is 7.86. The van der Waals surface area contributed by atoms with E-state index in [1.807, 2.05) is 204 Å². The molecule has 9 aromatic rings. The number of rotatable bonds is 21. The van der Waals surface area contributed by atoms with Gasteiger partial charge in [0.25, 0.3) is 10.1 Å². The predicted molar refractivity (Wildman–Crippen MR) is 384 cm³/mol. The first-order chi connectivity index (χ1) is 44.2. The number of ketones is 3. The Morgan fingerprint density at radius 3 is 1.21 bits per heavy atom. The highest BCUT2D eigenvalue weighted by Gasteiger charge is 2.18. The zero-order valence-corrected chi connectivity index (χ0v) is 57.0. The largest absolute Gasteiger partial charge is 0.399 e. The van der Waals surface area contributed by atoms with Gasteiger partial charge in [0.1, 0.15) is 6.54 Å². The highest BCUT2D eigenvalue weighted by atomic mass is 32.2. The number of anilines is 1. The fraction of sp³-hybridized carbons (Fsp3) is 0.260. The van der Waals surface area contributed by atoms with E-state index in [0.29, 0.717) is 30.7 Å². The van der Waals surface area contributed by atoms with E-state index in [2.05, 4.69) is 86.1 Å². The molecule has 1 fully saturated rings. The van der Waals surface area contributed by atoms with Crippen LogP contribution in [0.1, 0.15) is 149 Å². The van der Waals surface area contributed by atoms with E-state index < -0.39 is 10.1 Å². The van der Waals surface area contributed by atoms with Crippen molar-refractivity contribution in [2.24, 2.45) is 4.99 Å². The van der Waals surface area contributed by atoms with Gasteiger partial charge in [-0.05, 0) is 134 Å². The molecular formula is C77H82N5O6S4+. The molecule has 3 aromatic heterocycles. The number of hydrogen-bond donors (Lipinski definition) is 1. The zero-order chi connectivity index (χ0) is 66.4. The molecule has 0 saturated carbocycles. The van der Waals surface area contributed by atoms with Crippen molar-refractivity contribution in [1.82, 2.24) is 9.97 Å². The normalized spacial score (nSPS) is 11.7.